The van der Waals surface area contributed by atoms with Crippen LogP contribution in [-0.2, 0) is 20.8 Å². The van der Waals surface area contributed by atoms with Crippen molar-refractivity contribution in [3.8, 4) is 0 Å². The van der Waals surface area contributed by atoms with Crippen molar-refractivity contribution in [3.63, 3.8) is 0 Å². The molecule has 0 spiro atoms. The third-order valence-electron chi connectivity index (χ3n) is 4.13. The predicted molar refractivity (Wildman–Crippen MR) is 138 cm³/mol. The quantitative estimate of drug-likeness (QED) is 0.136. The summed E-state index contributed by atoms with van der Waals surface area (Å²) in [4.78, 5) is 0. The van der Waals surface area contributed by atoms with Gasteiger partial charge < -0.3 is 7.43 Å². The van der Waals surface area contributed by atoms with Gasteiger partial charge in [-0.15, -0.1) is 81.2 Å². The number of rotatable bonds is 0. The van der Waals surface area contributed by atoms with Crippen molar-refractivity contribution in [1.82, 2.24) is 0 Å². The largest absolute Gasteiger partial charge is 0.184 e. The van der Waals surface area contributed by atoms with Crippen molar-refractivity contribution in [1.29, 1.82) is 0 Å². The summed E-state index contributed by atoms with van der Waals surface area (Å²) in [5, 5.41) is 5.39. The SMILES string of the molecule is Cc1cc2ccccc2[cH-]1.Cc1cc2ccccc2[cH-]1.[CH3-].[Cl][Zr][Cl].[Si].[c-]1ccccc1. The summed E-state index contributed by atoms with van der Waals surface area (Å²) in [7, 11) is 9.87. The first-order valence-corrected chi connectivity index (χ1v) is 15.6. The number of hydrogen-bond donors (Lipinski definition) is 0. The van der Waals surface area contributed by atoms with E-state index >= 15 is 0 Å². The van der Waals surface area contributed by atoms with E-state index < -0.39 is 20.8 Å². The zero-order valence-corrected chi connectivity index (χ0v) is 23.0. The van der Waals surface area contributed by atoms with E-state index in [1.807, 2.05) is 30.3 Å². The zero-order chi connectivity index (χ0) is 20.9. The Bertz CT molecular complexity index is 919. The molecule has 0 unspecified atom stereocenters. The van der Waals surface area contributed by atoms with E-state index in [0.717, 1.165) is 0 Å². The van der Waals surface area contributed by atoms with Gasteiger partial charge in [0.1, 0.15) is 0 Å². The molecule has 0 aliphatic heterocycles. The third-order valence-corrected chi connectivity index (χ3v) is 4.13. The molecule has 0 aliphatic carbocycles. The molecular weight excluding hydrogens is 515 g/mol. The number of fused-ring (bicyclic) bond motifs is 2. The van der Waals surface area contributed by atoms with Crippen LogP contribution in [0.1, 0.15) is 11.1 Å². The fraction of sp³-hybridized carbons (Fsp3) is 0.0741. The average Bonchev–Trinajstić information content (AvgIpc) is 3.31. The van der Waals surface area contributed by atoms with E-state index in [9.17, 15) is 0 Å². The molecule has 4 radical (unpaired) electrons. The molecule has 4 heteroatoms. The summed E-state index contributed by atoms with van der Waals surface area (Å²) < 4.78 is 0. The minimum absolute atomic E-state index is 0. The predicted octanol–water partition coefficient (Wildman–Crippen LogP) is 8.67. The van der Waals surface area contributed by atoms with Gasteiger partial charge in [0, 0.05) is 11.0 Å². The zero-order valence-electron chi connectivity index (χ0n) is 18.1. The summed E-state index contributed by atoms with van der Waals surface area (Å²) >= 11 is -0.826. The topological polar surface area (TPSA) is 0 Å². The Balaban J connectivity index is 0.000000408. The van der Waals surface area contributed by atoms with Gasteiger partial charge in [0.25, 0.3) is 0 Å². The van der Waals surface area contributed by atoms with E-state index in [0.29, 0.717) is 0 Å². The first kappa shape index (κ1) is 29.6. The van der Waals surface area contributed by atoms with Crippen molar-refractivity contribution in [2.75, 3.05) is 0 Å². The molecule has 5 rings (SSSR count). The van der Waals surface area contributed by atoms with Gasteiger partial charge in [0.2, 0.25) is 0 Å². The maximum atomic E-state index is 4.93. The fourth-order valence-corrected chi connectivity index (χ4v) is 2.95. The second-order valence-corrected chi connectivity index (χ2v) is 10.2. The van der Waals surface area contributed by atoms with Crippen molar-refractivity contribution < 1.29 is 20.8 Å². The van der Waals surface area contributed by atoms with Gasteiger partial charge >= 0.3 is 37.9 Å². The van der Waals surface area contributed by atoms with E-state index in [-0.39, 0.29) is 18.4 Å². The fourth-order valence-electron chi connectivity index (χ4n) is 2.95. The Morgan fingerprint density at radius 1 is 0.677 bits per heavy atom. The summed E-state index contributed by atoms with van der Waals surface area (Å²) in [6.45, 7) is 4.25. The van der Waals surface area contributed by atoms with Gasteiger partial charge in [-0.3, -0.25) is 0 Å². The molecule has 160 valence electrons. The molecule has 5 aromatic carbocycles. The molecule has 0 N–H and O–H groups in total. The van der Waals surface area contributed by atoms with Crippen LogP contribution in [0.2, 0.25) is 0 Å². The summed E-state index contributed by atoms with van der Waals surface area (Å²) in [5.74, 6) is 0. The summed E-state index contributed by atoms with van der Waals surface area (Å²) in [6, 6.07) is 38.2. The molecule has 0 aromatic heterocycles. The van der Waals surface area contributed by atoms with Crippen LogP contribution in [0.4, 0.5) is 0 Å². The second kappa shape index (κ2) is 17.2. The average molecular weight is 541 g/mol. The summed E-state index contributed by atoms with van der Waals surface area (Å²) in [5.41, 5.74) is 2.70. The van der Waals surface area contributed by atoms with Crippen LogP contribution in [0.5, 0.6) is 0 Å². The number of hydrogen-bond acceptors (Lipinski definition) is 0. The number of halogens is 2. The monoisotopic (exact) mass is 538 g/mol. The molecule has 0 saturated carbocycles. The maximum absolute atomic E-state index is 4.93. The third kappa shape index (κ3) is 11.1. The molecule has 0 bridgehead atoms. The molecule has 0 fully saturated rings. The molecular formula is C27H26Cl2SiZr-4. The maximum Gasteiger partial charge on any atom is 0 e. The molecule has 0 amide bonds. The molecule has 0 heterocycles. The Kier molecular flexibility index (Phi) is 16.4. The summed E-state index contributed by atoms with van der Waals surface area (Å²) in [6.07, 6.45) is 0. The van der Waals surface area contributed by atoms with Crippen LogP contribution in [0.25, 0.3) is 21.5 Å². The van der Waals surface area contributed by atoms with Crippen LogP contribution < -0.4 is 0 Å². The Morgan fingerprint density at radius 3 is 1.35 bits per heavy atom. The van der Waals surface area contributed by atoms with E-state index in [1.54, 1.807) is 0 Å². The Morgan fingerprint density at radius 2 is 1.06 bits per heavy atom. The molecule has 0 nitrogen and oxygen atoms in total. The smallest absolute Gasteiger partial charge is 0 e. The van der Waals surface area contributed by atoms with Crippen molar-refractivity contribution in [3.05, 3.63) is 128 Å². The first-order valence-electron chi connectivity index (χ1n) is 9.25. The van der Waals surface area contributed by atoms with E-state index in [2.05, 4.69) is 92.7 Å². The van der Waals surface area contributed by atoms with Gasteiger partial charge in [-0.1, -0.05) is 26.0 Å². The van der Waals surface area contributed by atoms with Crippen LogP contribution in [0, 0.1) is 27.3 Å². The van der Waals surface area contributed by atoms with Crippen molar-refractivity contribution in [2.24, 2.45) is 0 Å². The van der Waals surface area contributed by atoms with Crippen LogP contribution in [0.15, 0.2) is 103 Å². The van der Waals surface area contributed by atoms with Gasteiger partial charge in [0.15, 0.2) is 0 Å². The normalized spacial score (nSPS) is 8.77. The van der Waals surface area contributed by atoms with Gasteiger partial charge in [-0.05, 0) is 0 Å². The minimum Gasteiger partial charge on any atom is -0.184 e. The van der Waals surface area contributed by atoms with Gasteiger partial charge in [0.05, 0.1) is 0 Å². The Hall–Kier alpha value is -1.44. The molecule has 0 aliphatic rings. The standard InChI is InChI=1S/2C10H9.C6H5.CH3.2ClH.Si.Zr/c2*1-8-6-9-4-2-3-5-10(9)7-8;1-2-4-6-5-3-1;;;;;/h2*2-7H,1H3;1-5H;1H3;2*1H;;/q4*-1;;;;+2/p-2. The van der Waals surface area contributed by atoms with E-state index in [4.69, 9.17) is 17.0 Å². The first-order chi connectivity index (χ1) is 14.1. The number of benzene rings is 3. The van der Waals surface area contributed by atoms with E-state index in [1.165, 1.54) is 32.7 Å². The van der Waals surface area contributed by atoms with Crippen LogP contribution >= 0.6 is 17.0 Å². The van der Waals surface area contributed by atoms with Crippen molar-refractivity contribution in [2.45, 2.75) is 13.8 Å². The molecule has 31 heavy (non-hydrogen) atoms. The van der Waals surface area contributed by atoms with Gasteiger partial charge in [-0.2, -0.15) is 48.5 Å². The number of aryl methyl sites for hydroxylation is 2. The molecule has 5 aromatic rings. The Labute approximate surface area is 210 Å². The second-order valence-electron chi connectivity index (χ2n) is 6.47. The van der Waals surface area contributed by atoms with Crippen LogP contribution in [-0.4, -0.2) is 11.0 Å². The minimum atomic E-state index is -0.826. The van der Waals surface area contributed by atoms with Gasteiger partial charge in [-0.25, -0.2) is 0 Å². The molecule has 0 atom stereocenters. The molecule has 0 saturated heterocycles. The van der Waals surface area contributed by atoms with Crippen LogP contribution in [0.3, 0.4) is 0 Å². The van der Waals surface area contributed by atoms with Crippen molar-refractivity contribution >= 4 is 49.5 Å².